The van der Waals surface area contributed by atoms with Gasteiger partial charge in [0.2, 0.25) is 11.8 Å². The van der Waals surface area contributed by atoms with E-state index in [0.29, 0.717) is 17.2 Å². The standard InChI is InChI=1S/C34H27NO5/c1-18-8-12-22(16-19(18)2)35-32(36)29-25(21-9-13-23(39-3)14-10-21)17-26-28-24-7-5-4-6-20(24)11-15-27(28)40-34(38)30(26)31(29)33(35)37/h4-17,25,29-31H,1-3H3/t25-,29-,30-,31+/m0/s1. The zero-order valence-electron chi connectivity index (χ0n) is 22.4. The Balaban J connectivity index is 1.46. The summed E-state index contributed by atoms with van der Waals surface area (Å²) in [6, 6.07) is 24.8. The van der Waals surface area contributed by atoms with E-state index in [2.05, 4.69) is 0 Å². The van der Waals surface area contributed by atoms with E-state index >= 15 is 0 Å². The Morgan fingerprint density at radius 3 is 2.30 bits per heavy atom. The number of esters is 1. The van der Waals surface area contributed by atoms with Crippen molar-refractivity contribution in [2.75, 3.05) is 12.0 Å². The van der Waals surface area contributed by atoms with E-state index < -0.39 is 29.6 Å². The molecule has 2 amide bonds. The predicted molar refractivity (Wildman–Crippen MR) is 152 cm³/mol. The molecule has 0 N–H and O–H groups in total. The van der Waals surface area contributed by atoms with E-state index in [1.807, 2.05) is 92.7 Å². The van der Waals surface area contributed by atoms with Crippen LogP contribution in [0.2, 0.25) is 0 Å². The fraction of sp³-hybridized carbons (Fsp3) is 0.206. The first-order chi connectivity index (χ1) is 19.4. The van der Waals surface area contributed by atoms with Crippen LogP contribution in [0.15, 0.2) is 84.9 Å². The number of amides is 2. The molecule has 40 heavy (non-hydrogen) atoms. The molecule has 4 aromatic rings. The van der Waals surface area contributed by atoms with Gasteiger partial charge < -0.3 is 9.47 Å². The van der Waals surface area contributed by atoms with E-state index in [1.54, 1.807) is 13.2 Å². The minimum absolute atomic E-state index is 0.300. The summed E-state index contributed by atoms with van der Waals surface area (Å²) < 4.78 is 11.2. The van der Waals surface area contributed by atoms with Crippen molar-refractivity contribution < 1.29 is 23.9 Å². The van der Waals surface area contributed by atoms with Crippen molar-refractivity contribution in [1.82, 2.24) is 0 Å². The van der Waals surface area contributed by atoms with Gasteiger partial charge in [-0.3, -0.25) is 14.4 Å². The lowest BCUT2D eigenvalue weighted by Gasteiger charge is -2.38. The van der Waals surface area contributed by atoms with Gasteiger partial charge in [-0.2, -0.15) is 0 Å². The maximum atomic E-state index is 14.3. The first kappa shape index (κ1) is 24.3. The molecule has 0 spiro atoms. The third-order valence-corrected chi connectivity index (χ3v) is 8.73. The number of carbonyl (C=O) groups excluding carboxylic acids is 3. The molecular weight excluding hydrogens is 502 g/mol. The largest absolute Gasteiger partial charge is 0.497 e. The average Bonchev–Trinajstić information content (AvgIpc) is 3.23. The summed E-state index contributed by atoms with van der Waals surface area (Å²) in [4.78, 5) is 43.4. The molecular formula is C34H27NO5. The Kier molecular flexibility index (Phi) is 5.42. The molecule has 4 atom stereocenters. The third-order valence-electron chi connectivity index (χ3n) is 8.73. The molecule has 0 aromatic heterocycles. The van der Waals surface area contributed by atoms with Gasteiger partial charge in [-0.25, -0.2) is 4.90 Å². The number of hydrogen-bond donors (Lipinski definition) is 0. The van der Waals surface area contributed by atoms with Gasteiger partial charge >= 0.3 is 5.97 Å². The van der Waals surface area contributed by atoms with Gasteiger partial charge in [0.25, 0.3) is 0 Å². The molecule has 3 aliphatic rings. The molecule has 198 valence electrons. The highest BCUT2D eigenvalue weighted by Gasteiger charge is 2.60. The van der Waals surface area contributed by atoms with Crippen LogP contribution in [-0.4, -0.2) is 24.9 Å². The number of nitrogens with zero attached hydrogens (tertiary/aromatic N) is 1. The summed E-state index contributed by atoms with van der Waals surface area (Å²) in [5.41, 5.74) is 5.01. The van der Waals surface area contributed by atoms with Crippen molar-refractivity contribution in [1.29, 1.82) is 0 Å². The molecule has 0 radical (unpaired) electrons. The van der Waals surface area contributed by atoms with Crippen LogP contribution in [0.5, 0.6) is 11.5 Å². The number of anilines is 1. The van der Waals surface area contributed by atoms with Crippen LogP contribution in [0, 0.1) is 31.6 Å². The molecule has 7 rings (SSSR count). The minimum Gasteiger partial charge on any atom is -0.497 e. The Labute approximate surface area is 231 Å². The van der Waals surface area contributed by atoms with Crippen LogP contribution < -0.4 is 14.4 Å². The molecule has 0 unspecified atom stereocenters. The number of carbonyl (C=O) groups is 3. The molecule has 6 heteroatoms. The SMILES string of the molecule is COc1ccc([C@@H]2C=C3c4c(ccc5ccccc45)OC(=O)[C@@H]3[C@@H]3C(=O)N(c4ccc(C)c(C)c4)C(=O)[C@H]32)cc1. The average molecular weight is 530 g/mol. The fourth-order valence-corrected chi connectivity index (χ4v) is 6.60. The summed E-state index contributed by atoms with van der Waals surface area (Å²) in [5.74, 6) is -2.94. The quantitative estimate of drug-likeness (QED) is 0.185. The topological polar surface area (TPSA) is 72.9 Å². The lowest BCUT2D eigenvalue weighted by Crippen LogP contribution is -2.42. The van der Waals surface area contributed by atoms with Crippen molar-refractivity contribution in [3.63, 3.8) is 0 Å². The van der Waals surface area contributed by atoms with Gasteiger partial charge in [-0.05, 0) is 77.2 Å². The third kappa shape index (κ3) is 3.45. The van der Waals surface area contributed by atoms with Crippen LogP contribution in [0.1, 0.15) is 28.2 Å². The van der Waals surface area contributed by atoms with E-state index in [9.17, 15) is 14.4 Å². The highest BCUT2D eigenvalue weighted by molar-refractivity contribution is 6.25. The van der Waals surface area contributed by atoms with E-state index in [0.717, 1.165) is 38.6 Å². The van der Waals surface area contributed by atoms with Gasteiger partial charge in [0.1, 0.15) is 11.5 Å². The second-order valence-corrected chi connectivity index (χ2v) is 10.8. The van der Waals surface area contributed by atoms with Crippen LogP contribution >= 0.6 is 0 Å². The van der Waals surface area contributed by atoms with E-state index in [-0.39, 0.29) is 11.8 Å². The molecule has 1 saturated heterocycles. The Bertz CT molecular complexity index is 1770. The molecule has 1 aliphatic carbocycles. The van der Waals surface area contributed by atoms with Gasteiger partial charge in [-0.1, -0.05) is 54.6 Å². The highest BCUT2D eigenvalue weighted by atomic mass is 16.5. The number of aryl methyl sites for hydroxylation is 2. The lowest BCUT2D eigenvalue weighted by atomic mass is 9.64. The van der Waals surface area contributed by atoms with Crippen molar-refractivity contribution in [3.8, 4) is 11.5 Å². The summed E-state index contributed by atoms with van der Waals surface area (Å²) in [5, 5.41) is 1.95. The zero-order chi connectivity index (χ0) is 27.7. The minimum atomic E-state index is -0.888. The van der Waals surface area contributed by atoms with Gasteiger partial charge in [0.05, 0.1) is 30.6 Å². The normalized spacial score (nSPS) is 23.3. The number of allylic oxidation sites excluding steroid dienone is 1. The number of methoxy groups -OCH3 is 1. The van der Waals surface area contributed by atoms with Crippen LogP contribution in [-0.2, 0) is 14.4 Å². The summed E-state index contributed by atoms with van der Waals surface area (Å²) in [6.45, 7) is 3.94. The maximum Gasteiger partial charge on any atom is 0.319 e. The first-order valence-corrected chi connectivity index (χ1v) is 13.4. The van der Waals surface area contributed by atoms with E-state index in [1.165, 1.54) is 4.90 Å². The molecule has 0 bridgehead atoms. The second kappa shape index (κ2) is 8.91. The Morgan fingerprint density at radius 1 is 0.800 bits per heavy atom. The molecule has 2 heterocycles. The Hall–Kier alpha value is -4.71. The number of benzene rings is 4. The first-order valence-electron chi connectivity index (χ1n) is 13.4. The predicted octanol–water partition coefficient (Wildman–Crippen LogP) is 5.99. The number of ether oxygens (including phenoxy) is 2. The molecule has 6 nitrogen and oxygen atoms in total. The van der Waals surface area contributed by atoms with Crippen molar-refractivity contribution in [3.05, 3.63) is 107 Å². The lowest BCUT2D eigenvalue weighted by molar-refractivity contribution is -0.142. The molecule has 1 fully saturated rings. The number of fused-ring (bicyclic) bond motifs is 7. The van der Waals surface area contributed by atoms with Crippen molar-refractivity contribution in [2.24, 2.45) is 17.8 Å². The fourth-order valence-electron chi connectivity index (χ4n) is 6.60. The van der Waals surface area contributed by atoms with Crippen molar-refractivity contribution >= 4 is 39.8 Å². The monoisotopic (exact) mass is 529 g/mol. The maximum absolute atomic E-state index is 14.3. The number of hydrogen-bond acceptors (Lipinski definition) is 5. The van der Waals surface area contributed by atoms with Gasteiger partial charge in [0, 0.05) is 11.5 Å². The van der Waals surface area contributed by atoms with Gasteiger partial charge in [0.15, 0.2) is 0 Å². The molecule has 4 aromatic carbocycles. The highest BCUT2D eigenvalue weighted by Crippen LogP contribution is 2.55. The summed E-state index contributed by atoms with van der Waals surface area (Å²) >= 11 is 0. The van der Waals surface area contributed by atoms with Crippen LogP contribution in [0.3, 0.4) is 0 Å². The number of imide groups is 1. The van der Waals surface area contributed by atoms with Gasteiger partial charge in [-0.15, -0.1) is 0 Å². The summed E-state index contributed by atoms with van der Waals surface area (Å²) in [6.07, 6.45) is 2.02. The van der Waals surface area contributed by atoms with Crippen LogP contribution in [0.4, 0.5) is 5.69 Å². The molecule has 2 aliphatic heterocycles. The Morgan fingerprint density at radius 2 is 1.55 bits per heavy atom. The number of rotatable bonds is 3. The van der Waals surface area contributed by atoms with Crippen LogP contribution in [0.25, 0.3) is 16.3 Å². The second-order valence-electron chi connectivity index (χ2n) is 10.8. The van der Waals surface area contributed by atoms with E-state index in [4.69, 9.17) is 9.47 Å². The van der Waals surface area contributed by atoms with Crippen molar-refractivity contribution in [2.45, 2.75) is 19.8 Å². The summed E-state index contributed by atoms with van der Waals surface area (Å²) in [7, 11) is 1.61. The molecule has 0 saturated carbocycles. The smallest absolute Gasteiger partial charge is 0.319 e. The zero-order valence-corrected chi connectivity index (χ0v) is 22.4.